The van der Waals surface area contributed by atoms with E-state index in [1.165, 1.54) is 44.9 Å². The monoisotopic (exact) mass is 823 g/mol. The largest absolute Gasteiger partial charge is 0.573 e. The molecule has 17 heteroatoms. The molecule has 1 aliphatic rings. The van der Waals surface area contributed by atoms with Gasteiger partial charge in [-0.25, -0.2) is 9.67 Å². The Balaban J connectivity index is 1.15. The number of imide groups is 1. The lowest BCUT2D eigenvalue weighted by Gasteiger charge is -2.14. The first-order valence-electron chi connectivity index (χ1n) is 18.6. The van der Waals surface area contributed by atoms with E-state index in [0.29, 0.717) is 70.9 Å². The molecule has 3 heterocycles. The van der Waals surface area contributed by atoms with Gasteiger partial charge in [0.25, 0.3) is 11.8 Å². The summed E-state index contributed by atoms with van der Waals surface area (Å²) in [6, 6.07) is 29.5. The third-order valence-electron chi connectivity index (χ3n) is 9.88. The number of nitrogens with zero attached hydrogens (tertiary/aromatic N) is 7. The zero-order valence-corrected chi connectivity index (χ0v) is 31.4. The molecule has 0 unspecified atom stereocenters. The maximum Gasteiger partial charge on any atom is 0.573 e. The molecule has 0 aliphatic carbocycles. The van der Waals surface area contributed by atoms with Gasteiger partial charge >= 0.3 is 18.4 Å². The number of nitrogens with two attached hydrogens (primary N) is 1. The van der Waals surface area contributed by atoms with Gasteiger partial charge in [0.05, 0.1) is 33.0 Å². The molecule has 8 rings (SSSR count). The lowest BCUT2D eigenvalue weighted by atomic mass is 10.0. The van der Waals surface area contributed by atoms with Gasteiger partial charge in [0.15, 0.2) is 5.82 Å². The zero-order valence-electron chi connectivity index (χ0n) is 31.4. The van der Waals surface area contributed by atoms with Crippen molar-refractivity contribution in [2.24, 2.45) is 5.73 Å². The highest BCUT2D eigenvalue weighted by Crippen LogP contribution is 2.31. The first-order valence-corrected chi connectivity index (χ1v) is 18.6. The van der Waals surface area contributed by atoms with Gasteiger partial charge in [-0.1, -0.05) is 28.9 Å². The molecule has 5 aromatic carbocycles. The molecule has 2 N–H and O–H groups in total. The maximum atomic E-state index is 13.4. The number of rotatable bonds is 12. The van der Waals surface area contributed by atoms with Gasteiger partial charge in [0, 0.05) is 18.7 Å². The maximum absolute atomic E-state index is 13.4. The molecular formula is C43H33F6N8O3+. The Morgan fingerprint density at radius 1 is 0.683 bits per heavy atom. The molecule has 0 saturated heterocycles. The number of aryl methyl sites for hydroxylation is 1. The number of carbonyl (C=O) groups excluding carboxylic acids is 2. The van der Waals surface area contributed by atoms with Crippen molar-refractivity contribution in [1.82, 2.24) is 29.4 Å². The molecule has 0 radical (unpaired) electrons. The minimum Gasteiger partial charge on any atom is -0.406 e. The van der Waals surface area contributed by atoms with Crippen molar-refractivity contribution in [2.75, 3.05) is 6.54 Å². The number of hydrogen-bond donors (Lipinski definition) is 1. The highest BCUT2D eigenvalue weighted by molar-refractivity contribution is 6.21. The summed E-state index contributed by atoms with van der Waals surface area (Å²) in [6.07, 6.45) is -4.72. The molecule has 7 aromatic rings. The number of hydrogen-bond acceptors (Lipinski definition) is 7. The number of aromatic nitrogens is 6. The Labute approximate surface area is 337 Å². The Morgan fingerprint density at radius 3 is 1.97 bits per heavy atom. The predicted molar refractivity (Wildman–Crippen MR) is 205 cm³/mol. The number of alkyl halides is 6. The summed E-state index contributed by atoms with van der Waals surface area (Å²) in [7, 11) is 0. The van der Waals surface area contributed by atoms with Crippen molar-refractivity contribution >= 4 is 11.8 Å². The average molecular weight is 824 g/mol. The van der Waals surface area contributed by atoms with Crippen LogP contribution in [0.15, 0.2) is 128 Å². The van der Waals surface area contributed by atoms with Crippen molar-refractivity contribution in [3.8, 4) is 45.6 Å². The minimum atomic E-state index is -4.85. The average Bonchev–Trinajstić information content (AvgIpc) is 3.97. The van der Waals surface area contributed by atoms with Crippen LogP contribution >= 0.6 is 0 Å². The van der Waals surface area contributed by atoms with Gasteiger partial charge in [-0.15, -0.1) is 18.3 Å². The lowest BCUT2D eigenvalue weighted by Crippen LogP contribution is -2.31. The highest BCUT2D eigenvalue weighted by Gasteiger charge is 2.35. The Kier molecular flexibility index (Phi) is 10.5. The normalized spacial score (nSPS) is 12.9. The second-order valence-electron chi connectivity index (χ2n) is 13.9. The Morgan fingerprint density at radius 2 is 1.33 bits per heavy atom. The van der Waals surface area contributed by atoms with E-state index in [2.05, 4.69) is 14.8 Å². The molecule has 0 atom stereocenters. The van der Waals surface area contributed by atoms with E-state index in [4.69, 9.17) is 10.8 Å². The first-order chi connectivity index (χ1) is 28.7. The van der Waals surface area contributed by atoms with E-state index < -0.39 is 23.9 Å². The predicted octanol–water partition coefficient (Wildman–Crippen LogP) is 8.06. The van der Waals surface area contributed by atoms with Crippen LogP contribution < -0.4 is 15.0 Å². The molecule has 0 spiro atoms. The molecule has 0 saturated carbocycles. The standard InChI is InChI=1S/C43H33F6N8O3/c44-42(45,46)31-12-14-33(15-13-31)57-26-55(39(53-57)29-10-8-27(24-50)9-11-29)34-22-28(5-3-4-20-54-40(58)36-6-1-2-7-37(36)41(54)59)21-30(23-34)38-51-25-56(52-38)32-16-18-35(19-17-32)60-43(47,48)49/h1-2,6-19,21-23,25-26H,3-5,20,24,50H2/q+1. The summed E-state index contributed by atoms with van der Waals surface area (Å²) in [6.45, 7) is 0.527. The van der Waals surface area contributed by atoms with E-state index in [9.17, 15) is 35.9 Å². The van der Waals surface area contributed by atoms with Crippen molar-refractivity contribution < 1.29 is 45.2 Å². The molecule has 2 amide bonds. The van der Waals surface area contributed by atoms with Crippen molar-refractivity contribution in [1.29, 1.82) is 0 Å². The summed E-state index contributed by atoms with van der Waals surface area (Å²) in [5.74, 6) is -0.333. The van der Waals surface area contributed by atoms with Crippen LogP contribution in [-0.4, -0.2) is 54.2 Å². The second-order valence-corrected chi connectivity index (χ2v) is 13.9. The van der Waals surface area contributed by atoms with E-state index in [0.717, 1.165) is 35.4 Å². The summed E-state index contributed by atoms with van der Waals surface area (Å²) < 4.78 is 87.2. The molecule has 2 aromatic heterocycles. The molecule has 304 valence electrons. The van der Waals surface area contributed by atoms with Gasteiger partial charge in [0.1, 0.15) is 23.5 Å². The number of ether oxygens (including phenoxy) is 1. The third kappa shape index (κ3) is 8.38. The number of benzene rings is 5. The Hall–Kier alpha value is -7.14. The molecule has 1 aliphatic heterocycles. The van der Waals surface area contributed by atoms with Crippen molar-refractivity contribution in [2.45, 2.75) is 38.3 Å². The smallest absolute Gasteiger partial charge is 0.406 e. The molecular weight excluding hydrogens is 791 g/mol. The van der Waals surface area contributed by atoms with Gasteiger partial charge in [-0.2, -0.15) is 17.7 Å². The quantitative estimate of drug-likeness (QED) is 0.0572. The van der Waals surface area contributed by atoms with Crippen LogP contribution in [0.25, 0.3) is 39.8 Å². The summed E-state index contributed by atoms with van der Waals surface area (Å²) in [4.78, 5) is 31.7. The van der Waals surface area contributed by atoms with Crippen LogP contribution in [0, 0.1) is 0 Å². The van der Waals surface area contributed by atoms with Crippen LogP contribution in [0.5, 0.6) is 5.75 Å². The van der Waals surface area contributed by atoms with Crippen LogP contribution in [0.1, 0.15) is 50.2 Å². The lowest BCUT2D eigenvalue weighted by molar-refractivity contribution is -0.584. The highest BCUT2D eigenvalue weighted by atomic mass is 19.4. The van der Waals surface area contributed by atoms with E-state index in [-0.39, 0.29) is 24.2 Å². The van der Waals surface area contributed by atoms with Gasteiger partial charge in [0.2, 0.25) is 6.33 Å². The van der Waals surface area contributed by atoms with Gasteiger partial charge in [-0.3, -0.25) is 14.5 Å². The molecule has 0 fully saturated rings. The number of amides is 2. The van der Waals surface area contributed by atoms with E-state index in [1.54, 1.807) is 35.2 Å². The minimum absolute atomic E-state index is 0.218. The topological polar surface area (TPSA) is 125 Å². The fraction of sp³-hybridized carbons (Fsp3) is 0.163. The summed E-state index contributed by atoms with van der Waals surface area (Å²) in [5, 5.41) is 9.44. The molecule has 0 bridgehead atoms. The molecule has 11 nitrogen and oxygen atoms in total. The number of unbranched alkanes of at least 4 members (excludes halogenated alkanes) is 1. The number of halogens is 6. The van der Waals surface area contributed by atoms with E-state index in [1.807, 2.05) is 42.5 Å². The fourth-order valence-electron chi connectivity index (χ4n) is 6.89. The van der Waals surface area contributed by atoms with Crippen molar-refractivity contribution in [3.63, 3.8) is 0 Å². The van der Waals surface area contributed by atoms with Crippen LogP contribution in [-0.2, 0) is 19.1 Å². The van der Waals surface area contributed by atoms with Gasteiger partial charge in [-0.05, 0) is 121 Å². The van der Waals surface area contributed by atoms with Crippen molar-refractivity contribution in [3.05, 3.63) is 156 Å². The van der Waals surface area contributed by atoms with Crippen LogP contribution in [0.3, 0.4) is 0 Å². The van der Waals surface area contributed by atoms with Crippen LogP contribution in [0.2, 0.25) is 0 Å². The molecule has 60 heavy (non-hydrogen) atoms. The zero-order chi connectivity index (χ0) is 42.2. The SMILES string of the molecule is NCc1ccc(-c2nn(-c3ccc(C(F)(F)F)cc3)c[n+]2-c2cc(CCCCN3C(=O)c4ccccc4C3=O)cc(-c3ncn(-c4ccc(OC(F)(F)F)cc4)n3)c2)cc1. The third-order valence-corrected chi connectivity index (χ3v) is 9.88. The fourth-order valence-corrected chi connectivity index (χ4v) is 6.89. The number of carbonyl (C=O) groups is 2. The Bertz CT molecular complexity index is 2660. The van der Waals surface area contributed by atoms with E-state index >= 15 is 0 Å². The first kappa shape index (κ1) is 39.7. The second kappa shape index (κ2) is 15.9. The number of fused-ring (bicyclic) bond motifs is 1. The summed E-state index contributed by atoms with van der Waals surface area (Å²) >= 11 is 0. The summed E-state index contributed by atoms with van der Waals surface area (Å²) in [5.41, 5.74) is 10.2. The van der Waals surface area contributed by atoms with Gasteiger partial charge < -0.3 is 10.5 Å². The van der Waals surface area contributed by atoms with Crippen LogP contribution in [0.4, 0.5) is 26.3 Å².